The Balaban J connectivity index is 1.92. The molecule has 90 valence electrons. The van der Waals surface area contributed by atoms with Crippen molar-refractivity contribution in [1.82, 2.24) is 19.9 Å². The molecule has 0 spiro atoms. The predicted octanol–water partition coefficient (Wildman–Crippen LogP) is 1.99. The Kier molecular flexibility index (Phi) is 2.64. The van der Waals surface area contributed by atoms with Gasteiger partial charge in [-0.15, -0.1) is 0 Å². The number of rotatable bonds is 3. The molecule has 0 saturated carbocycles. The van der Waals surface area contributed by atoms with E-state index in [1.54, 1.807) is 12.7 Å². The lowest BCUT2D eigenvalue weighted by molar-refractivity contribution is 0.898. The average Bonchev–Trinajstić information content (AvgIpc) is 2.87. The van der Waals surface area contributed by atoms with E-state index in [1.807, 2.05) is 25.2 Å². The average molecular weight is 239 g/mol. The zero-order chi connectivity index (χ0) is 12.4. The van der Waals surface area contributed by atoms with Crippen molar-refractivity contribution in [2.75, 3.05) is 11.9 Å². The minimum absolute atomic E-state index is 0.764. The summed E-state index contributed by atoms with van der Waals surface area (Å²) in [5.41, 5.74) is 2.80. The first-order valence-electron chi connectivity index (χ1n) is 5.74. The maximum atomic E-state index is 4.31. The quantitative estimate of drug-likeness (QED) is 0.759. The summed E-state index contributed by atoms with van der Waals surface area (Å²) in [7, 11) is 2.00. The van der Waals surface area contributed by atoms with Crippen molar-refractivity contribution in [3.05, 3.63) is 48.5 Å². The second-order valence-corrected chi connectivity index (χ2v) is 4.14. The van der Waals surface area contributed by atoms with E-state index < -0.39 is 0 Å². The third-order valence-corrected chi connectivity index (χ3v) is 2.82. The van der Waals surface area contributed by atoms with Crippen molar-refractivity contribution >= 4 is 17.0 Å². The van der Waals surface area contributed by atoms with E-state index in [-0.39, 0.29) is 0 Å². The van der Waals surface area contributed by atoms with Crippen molar-refractivity contribution in [3.8, 4) is 0 Å². The Morgan fingerprint density at radius 2 is 1.94 bits per heavy atom. The molecule has 5 heteroatoms. The minimum Gasteiger partial charge on any atom is -0.353 e. The molecule has 0 fully saturated rings. The molecule has 0 atom stereocenters. The normalized spacial score (nSPS) is 10.7. The van der Waals surface area contributed by atoms with Crippen LogP contribution in [0.4, 0.5) is 5.82 Å². The van der Waals surface area contributed by atoms with Crippen LogP contribution in [0.15, 0.2) is 43.0 Å². The summed E-state index contributed by atoms with van der Waals surface area (Å²) in [4.78, 5) is 17.8. The Bertz CT molecular complexity index is 647. The van der Waals surface area contributed by atoms with Gasteiger partial charge in [-0.25, -0.2) is 15.0 Å². The number of nitrogens with zero attached hydrogens (tertiary/aromatic N) is 4. The molecule has 3 rings (SSSR count). The van der Waals surface area contributed by atoms with Crippen LogP contribution in [0.2, 0.25) is 0 Å². The van der Waals surface area contributed by atoms with E-state index in [0.29, 0.717) is 0 Å². The molecule has 2 heterocycles. The summed E-state index contributed by atoms with van der Waals surface area (Å²) < 4.78 is 0. The molecular formula is C13H13N5. The highest BCUT2D eigenvalue weighted by Gasteiger charge is 2.10. The summed E-state index contributed by atoms with van der Waals surface area (Å²) in [6.07, 6.45) is 3.19. The fourth-order valence-electron chi connectivity index (χ4n) is 1.96. The Morgan fingerprint density at radius 1 is 1.11 bits per heavy atom. The van der Waals surface area contributed by atoms with E-state index >= 15 is 0 Å². The first-order chi connectivity index (χ1) is 8.84. The number of imidazole rings is 1. The summed E-state index contributed by atoms with van der Waals surface area (Å²) in [6, 6.07) is 10.3. The van der Waals surface area contributed by atoms with Crippen LogP contribution in [0.3, 0.4) is 0 Å². The molecule has 3 aromatic rings. The summed E-state index contributed by atoms with van der Waals surface area (Å²) in [5, 5.41) is 0. The van der Waals surface area contributed by atoms with E-state index in [4.69, 9.17) is 0 Å². The van der Waals surface area contributed by atoms with E-state index in [9.17, 15) is 0 Å². The minimum atomic E-state index is 0.764. The number of aromatic amines is 1. The molecule has 0 amide bonds. The van der Waals surface area contributed by atoms with Crippen LogP contribution in [0.5, 0.6) is 0 Å². The van der Waals surface area contributed by atoms with Crippen LogP contribution < -0.4 is 4.90 Å². The highest BCUT2D eigenvalue weighted by atomic mass is 15.2. The first kappa shape index (κ1) is 10.7. The molecular weight excluding hydrogens is 226 g/mol. The van der Waals surface area contributed by atoms with Crippen LogP contribution in [0.1, 0.15) is 5.56 Å². The highest BCUT2D eigenvalue weighted by molar-refractivity contribution is 5.82. The third-order valence-electron chi connectivity index (χ3n) is 2.82. The highest BCUT2D eigenvalue weighted by Crippen LogP contribution is 2.19. The van der Waals surface area contributed by atoms with Gasteiger partial charge in [-0.3, -0.25) is 0 Å². The van der Waals surface area contributed by atoms with Gasteiger partial charge in [0.15, 0.2) is 11.5 Å². The standard InChI is InChI=1S/C13H13N5/c1-18(7-10-5-3-2-4-6-10)13-11-12(15-8-14-11)16-9-17-13/h2-6,8-9H,7H2,1H3,(H,14,15,16,17). The second-order valence-electron chi connectivity index (χ2n) is 4.14. The van der Waals surface area contributed by atoms with Crippen LogP contribution in [0.25, 0.3) is 11.2 Å². The van der Waals surface area contributed by atoms with Crippen molar-refractivity contribution < 1.29 is 0 Å². The SMILES string of the molecule is CN(Cc1ccccc1)c1ncnc2[nH]cnc12. The largest absolute Gasteiger partial charge is 0.353 e. The number of benzene rings is 1. The van der Waals surface area contributed by atoms with E-state index in [0.717, 1.165) is 23.5 Å². The Labute approximate surface area is 105 Å². The van der Waals surface area contributed by atoms with Crippen LogP contribution in [-0.2, 0) is 6.54 Å². The fraction of sp³-hybridized carbons (Fsp3) is 0.154. The number of nitrogens with one attached hydrogen (secondary N) is 1. The monoisotopic (exact) mass is 239 g/mol. The lowest BCUT2D eigenvalue weighted by atomic mass is 10.2. The topological polar surface area (TPSA) is 57.7 Å². The smallest absolute Gasteiger partial charge is 0.162 e. The van der Waals surface area contributed by atoms with Gasteiger partial charge in [-0.2, -0.15) is 0 Å². The van der Waals surface area contributed by atoms with Crippen molar-refractivity contribution in [3.63, 3.8) is 0 Å². The van der Waals surface area contributed by atoms with Gasteiger partial charge in [0.2, 0.25) is 0 Å². The van der Waals surface area contributed by atoms with Gasteiger partial charge in [0.1, 0.15) is 11.8 Å². The van der Waals surface area contributed by atoms with Crippen LogP contribution >= 0.6 is 0 Å². The molecule has 0 aliphatic heterocycles. The molecule has 1 aromatic carbocycles. The lowest BCUT2D eigenvalue weighted by Crippen LogP contribution is -2.18. The Hall–Kier alpha value is -2.43. The summed E-state index contributed by atoms with van der Waals surface area (Å²) in [6.45, 7) is 0.791. The number of H-pyrrole nitrogens is 1. The molecule has 18 heavy (non-hydrogen) atoms. The predicted molar refractivity (Wildman–Crippen MR) is 70.2 cm³/mol. The zero-order valence-corrected chi connectivity index (χ0v) is 10.0. The van der Waals surface area contributed by atoms with E-state index in [2.05, 4.69) is 37.0 Å². The molecule has 0 saturated heterocycles. The number of fused-ring (bicyclic) bond motifs is 1. The molecule has 0 unspecified atom stereocenters. The van der Waals surface area contributed by atoms with Crippen molar-refractivity contribution in [2.24, 2.45) is 0 Å². The van der Waals surface area contributed by atoms with Gasteiger partial charge < -0.3 is 9.88 Å². The molecule has 0 aliphatic carbocycles. The second kappa shape index (κ2) is 4.44. The number of hydrogen-bond donors (Lipinski definition) is 1. The number of hydrogen-bond acceptors (Lipinski definition) is 4. The maximum Gasteiger partial charge on any atom is 0.162 e. The maximum absolute atomic E-state index is 4.31. The third kappa shape index (κ3) is 1.90. The summed E-state index contributed by atoms with van der Waals surface area (Å²) in [5.74, 6) is 0.838. The zero-order valence-electron chi connectivity index (χ0n) is 10.0. The lowest BCUT2D eigenvalue weighted by Gasteiger charge is -2.18. The molecule has 0 bridgehead atoms. The molecule has 1 N–H and O–H groups in total. The summed E-state index contributed by atoms with van der Waals surface area (Å²) >= 11 is 0. The van der Waals surface area contributed by atoms with Crippen LogP contribution in [0, 0.1) is 0 Å². The number of aromatic nitrogens is 4. The van der Waals surface area contributed by atoms with E-state index in [1.165, 1.54) is 5.56 Å². The molecule has 2 aromatic heterocycles. The van der Waals surface area contributed by atoms with Crippen LogP contribution in [-0.4, -0.2) is 27.0 Å². The molecule has 0 radical (unpaired) electrons. The van der Waals surface area contributed by atoms with Crippen molar-refractivity contribution in [2.45, 2.75) is 6.54 Å². The van der Waals surface area contributed by atoms with Gasteiger partial charge in [-0.1, -0.05) is 30.3 Å². The first-order valence-corrected chi connectivity index (χ1v) is 5.74. The van der Waals surface area contributed by atoms with Gasteiger partial charge in [0, 0.05) is 13.6 Å². The Morgan fingerprint density at radius 3 is 2.78 bits per heavy atom. The van der Waals surface area contributed by atoms with Gasteiger partial charge in [-0.05, 0) is 5.56 Å². The van der Waals surface area contributed by atoms with Gasteiger partial charge >= 0.3 is 0 Å². The molecule has 0 aliphatic rings. The van der Waals surface area contributed by atoms with Gasteiger partial charge in [0.05, 0.1) is 6.33 Å². The van der Waals surface area contributed by atoms with Gasteiger partial charge in [0.25, 0.3) is 0 Å². The fourth-order valence-corrected chi connectivity index (χ4v) is 1.96. The molecule has 5 nitrogen and oxygen atoms in total. The van der Waals surface area contributed by atoms with Crippen molar-refractivity contribution in [1.29, 1.82) is 0 Å². The number of anilines is 1.